The molecular formula is C18H21ClN2OS2. The molecule has 6 heteroatoms. The summed E-state index contributed by atoms with van der Waals surface area (Å²) in [4.78, 5) is 16.6. The van der Waals surface area contributed by atoms with Gasteiger partial charge in [0.15, 0.2) is 5.13 Å². The van der Waals surface area contributed by atoms with Crippen LogP contribution in [-0.4, -0.2) is 21.9 Å². The molecule has 1 saturated carbocycles. The maximum Gasteiger partial charge on any atom is 0.226 e. The summed E-state index contributed by atoms with van der Waals surface area (Å²) in [6.07, 6.45) is 7.23. The van der Waals surface area contributed by atoms with E-state index >= 15 is 0 Å². The lowest BCUT2D eigenvalue weighted by atomic mass is 10.0. The van der Waals surface area contributed by atoms with Crippen LogP contribution in [0.4, 0.5) is 5.13 Å². The molecule has 1 heterocycles. The van der Waals surface area contributed by atoms with E-state index in [0.717, 1.165) is 22.3 Å². The molecule has 1 aliphatic rings. The van der Waals surface area contributed by atoms with E-state index in [1.807, 2.05) is 41.4 Å². The molecule has 1 aromatic carbocycles. The van der Waals surface area contributed by atoms with Crippen LogP contribution in [0.5, 0.6) is 0 Å². The SMILES string of the molecule is O=C(CCSC1CCCCC1)Nc1nc(-c2ccc(Cl)cc2)cs1. The highest BCUT2D eigenvalue weighted by Crippen LogP contribution is 2.29. The Morgan fingerprint density at radius 3 is 2.75 bits per heavy atom. The van der Waals surface area contributed by atoms with Gasteiger partial charge < -0.3 is 5.32 Å². The normalized spacial score (nSPS) is 15.4. The molecular weight excluding hydrogens is 360 g/mol. The Hall–Kier alpha value is -1.04. The number of nitrogens with zero attached hydrogens (tertiary/aromatic N) is 1. The van der Waals surface area contributed by atoms with Crippen LogP contribution in [-0.2, 0) is 4.79 Å². The van der Waals surface area contributed by atoms with E-state index in [2.05, 4.69) is 10.3 Å². The van der Waals surface area contributed by atoms with Gasteiger partial charge in [0, 0.05) is 33.4 Å². The monoisotopic (exact) mass is 380 g/mol. The van der Waals surface area contributed by atoms with E-state index in [4.69, 9.17) is 11.6 Å². The number of thiazole rings is 1. The Kier molecular flexibility index (Phi) is 6.58. The fraction of sp³-hybridized carbons (Fsp3) is 0.444. The third-order valence-corrected chi connectivity index (χ3v) is 6.52. The lowest BCUT2D eigenvalue weighted by Gasteiger charge is -2.20. The van der Waals surface area contributed by atoms with Gasteiger partial charge in [0.05, 0.1) is 5.69 Å². The zero-order chi connectivity index (χ0) is 16.8. The number of benzene rings is 1. The molecule has 1 amide bonds. The first-order valence-corrected chi connectivity index (χ1v) is 10.6. The fourth-order valence-corrected chi connectivity index (χ4v) is 4.98. The minimum absolute atomic E-state index is 0.0512. The molecule has 0 atom stereocenters. The second-order valence-corrected chi connectivity index (χ2v) is 8.68. The van der Waals surface area contributed by atoms with Crippen LogP contribution in [0.1, 0.15) is 38.5 Å². The van der Waals surface area contributed by atoms with E-state index in [-0.39, 0.29) is 5.91 Å². The minimum atomic E-state index is 0.0512. The highest BCUT2D eigenvalue weighted by Gasteiger charge is 2.14. The number of halogens is 1. The van der Waals surface area contributed by atoms with Crippen molar-refractivity contribution in [2.75, 3.05) is 11.1 Å². The highest BCUT2D eigenvalue weighted by molar-refractivity contribution is 7.99. The zero-order valence-electron chi connectivity index (χ0n) is 13.5. The van der Waals surface area contributed by atoms with Gasteiger partial charge in [-0.1, -0.05) is 43.0 Å². The summed E-state index contributed by atoms with van der Waals surface area (Å²) in [6, 6.07) is 7.56. The van der Waals surface area contributed by atoms with E-state index in [1.54, 1.807) is 0 Å². The second kappa shape index (κ2) is 8.88. The summed E-state index contributed by atoms with van der Waals surface area (Å²) < 4.78 is 0. The summed E-state index contributed by atoms with van der Waals surface area (Å²) in [6.45, 7) is 0. The topological polar surface area (TPSA) is 42.0 Å². The number of rotatable bonds is 6. The number of aromatic nitrogens is 1. The number of thioether (sulfide) groups is 1. The van der Waals surface area contributed by atoms with Crippen LogP contribution in [0, 0.1) is 0 Å². The lowest BCUT2D eigenvalue weighted by Crippen LogP contribution is -2.14. The number of amides is 1. The molecule has 128 valence electrons. The molecule has 0 saturated heterocycles. The van der Waals surface area contributed by atoms with Gasteiger partial charge in [-0.25, -0.2) is 4.98 Å². The van der Waals surface area contributed by atoms with Crippen molar-refractivity contribution >= 4 is 45.7 Å². The third kappa shape index (κ3) is 5.23. The third-order valence-electron chi connectivity index (χ3n) is 4.13. The van der Waals surface area contributed by atoms with Gasteiger partial charge in [-0.3, -0.25) is 4.79 Å². The van der Waals surface area contributed by atoms with Crippen molar-refractivity contribution in [2.24, 2.45) is 0 Å². The standard InChI is InChI=1S/C18H21ClN2OS2/c19-14-8-6-13(7-9-14)16-12-24-18(20-16)21-17(22)10-11-23-15-4-2-1-3-5-15/h6-9,12,15H,1-5,10-11H2,(H,20,21,22). The molecule has 1 fully saturated rings. The molecule has 1 aromatic heterocycles. The van der Waals surface area contributed by atoms with Gasteiger partial charge in [0.2, 0.25) is 5.91 Å². The highest BCUT2D eigenvalue weighted by atomic mass is 35.5. The van der Waals surface area contributed by atoms with Crippen molar-refractivity contribution in [1.82, 2.24) is 4.98 Å². The first-order valence-electron chi connectivity index (χ1n) is 8.33. The smallest absolute Gasteiger partial charge is 0.226 e. The van der Waals surface area contributed by atoms with Gasteiger partial charge in [-0.05, 0) is 25.0 Å². The number of nitrogens with one attached hydrogen (secondary N) is 1. The van der Waals surface area contributed by atoms with Gasteiger partial charge in [0.25, 0.3) is 0 Å². The van der Waals surface area contributed by atoms with Gasteiger partial charge in [-0.15, -0.1) is 11.3 Å². The van der Waals surface area contributed by atoms with E-state index in [9.17, 15) is 4.79 Å². The minimum Gasteiger partial charge on any atom is -0.302 e. The van der Waals surface area contributed by atoms with Crippen LogP contribution in [0.3, 0.4) is 0 Å². The molecule has 3 nitrogen and oxygen atoms in total. The summed E-state index contributed by atoms with van der Waals surface area (Å²) in [7, 11) is 0. The maximum absolute atomic E-state index is 12.1. The predicted octanol–water partition coefficient (Wildman–Crippen LogP) is 5.86. The van der Waals surface area contributed by atoms with Crippen LogP contribution in [0.15, 0.2) is 29.6 Å². The molecule has 2 aromatic rings. The molecule has 0 aliphatic heterocycles. The largest absolute Gasteiger partial charge is 0.302 e. The molecule has 1 aliphatic carbocycles. The van der Waals surface area contributed by atoms with E-state index < -0.39 is 0 Å². The summed E-state index contributed by atoms with van der Waals surface area (Å²) >= 11 is 9.31. The first kappa shape index (κ1) is 17.8. The Morgan fingerprint density at radius 2 is 2.00 bits per heavy atom. The van der Waals surface area contributed by atoms with Crippen LogP contribution in [0.2, 0.25) is 5.02 Å². The maximum atomic E-state index is 12.1. The van der Waals surface area contributed by atoms with Crippen molar-refractivity contribution < 1.29 is 4.79 Å². The summed E-state index contributed by atoms with van der Waals surface area (Å²) in [5.41, 5.74) is 1.87. The number of carbonyl (C=O) groups excluding carboxylic acids is 1. The van der Waals surface area contributed by atoms with E-state index in [1.165, 1.54) is 43.4 Å². The Labute approximate surface area is 156 Å². The van der Waals surface area contributed by atoms with Gasteiger partial charge in [0.1, 0.15) is 0 Å². The zero-order valence-corrected chi connectivity index (χ0v) is 15.9. The van der Waals surface area contributed by atoms with Crippen molar-refractivity contribution in [3.8, 4) is 11.3 Å². The van der Waals surface area contributed by atoms with Crippen molar-refractivity contribution in [3.05, 3.63) is 34.7 Å². The lowest BCUT2D eigenvalue weighted by molar-refractivity contribution is -0.115. The summed E-state index contributed by atoms with van der Waals surface area (Å²) in [5.74, 6) is 0.946. The predicted molar refractivity (Wildman–Crippen MR) is 105 cm³/mol. The average molecular weight is 381 g/mol. The Bertz CT molecular complexity index is 666. The molecule has 0 radical (unpaired) electrons. The van der Waals surface area contributed by atoms with E-state index in [0.29, 0.717) is 16.6 Å². The molecule has 3 rings (SSSR count). The molecule has 24 heavy (non-hydrogen) atoms. The number of hydrogen-bond acceptors (Lipinski definition) is 4. The quantitative estimate of drug-likeness (QED) is 0.682. The summed E-state index contributed by atoms with van der Waals surface area (Å²) in [5, 5.41) is 6.98. The fourth-order valence-electron chi connectivity index (χ4n) is 2.82. The number of anilines is 1. The van der Waals surface area contributed by atoms with Crippen molar-refractivity contribution in [3.63, 3.8) is 0 Å². The molecule has 0 bridgehead atoms. The van der Waals surface area contributed by atoms with Crippen LogP contribution in [0.25, 0.3) is 11.3 Å². The van der Waals surface area contributed by atoms with Gasteiger partial charge >= 0.3 is 0 Å². The van der Waals surface area contributed by atoms with Gasteiger partial charge in [-0.2, -0.15) is 11.8 Å². The van der Waals surface area contributed by atoms with Crippen molar-refractivity contribution in [2.45, 2.75) is 43.8 Å². The Morgan fingerprint density at radius 1 is 1.25 bits per heavy atom. The molecule has 0 unspecified atom stereocenters. The molecule has 0 spiro atoms. The van der Waals surface area contributed by atoms with Crippen LogP contribution >= 0.6 is 34.7 Å². The average Bonchev–Trinajstić information content (AvgIpc) is 3.05. The molecule has 1 N–H and O–H groups in total. The second-order valence-electron chi connectivity index (χ2n) is 5.97. The number of carbonyl (C=O) groups is 1. The number of hydrogen-bond donors (Lipinski definition) is 1. The first-order chi connectivity index (χ1) is 11.7. The van der Waals surface area contributed by atoms with Crippen molar-refractivity contribution in [1.29, 1.82) is 0 Å². The van der Waals surface area contributed by atoms with Crippen LogP contribution < -0.4 is 5.32 Å². The Balaban J connectivity index is 1.45.